The minimum absolute atomic E-state index is 0.0344. The van der Waals surface area contributed by atoms with Crippen LogP contribution in [0.4, 0.5) is 0 Å². The lowest BCUT2D eigenvalue weighted by Gasteiger charge is -2.34. The lowest BCUT2D eigenvalue weighted by molar-refractivity contribution is -0.133. The molecule has 9 heteroatoms. The van der Waals surface area contributed by atoms with Crippen molar-refractivity contribution in [3.63, 3.8) is 0 Å². The summed E-state index contributed by atoms with van der Waals surface area (Å²) in [5.41, 5.74) is 7.64. The minimum Gasteiger partial charge on any atom is -0.497 e. The van der Waals surface area contributed by atoms with Crippen LogP contribution in [0.1, 0.15) is 24.9 Å². The Morgan fingerprint density at radius 1 is 1.15 bits per heavy atom. The molecular formula is C18H28N4O4S. The van der Waals surface area contributed by atoms with Crippen LogP contribution in [0.25, 0.3) is 0 Å². The van der Waals surface area contributed by atoms with Gasteiger partial charge in [-0.25, -0.2) is 13.8 Å². The van der Waals surface area contributed by atoms with Gasteiger partial charge in [-0.3, -0.25) is 10.2 Å². The molecule has 3 atom stereocenters. The first-order valence-corrected chi connectivity index (χ1v) is 11.0. The Labute approximate surface area is 160 Å². The summed E-state index contributed by atoms with van der Waals surface area (Å²) in [6, 6.07) is 8.05. The lowest BCUT2D eigenvalue weighted by atomic mass is 9.87. The summed E-state index contributed by atoms with van der Waals surface area (Å²) in [5, 5.41) is 0. The van der Waals surface area contributed by atoms with Crippen molar-refractivity contribution in [3.8, 4) is 5.75 Å². The molecule has 2 aliphatic heterocycles. The third-order valence-electron chi connectivity index (χ3n) is 5.48. The van der Waals surface area contributed by atoms with Gasteiger partial charge < -0.3 is 9.64 Å². The predicted molar refractivity (Wildman–Crippen MR) is 103 cm³/mol. The molecule has 0 aliphatic carbocycles. The average molecular weight is 397 g/mol. The first-order valence-electron chi connectivity index (χ1n) is 9.17. The molecular weight excluding hydrogens is 368 g/mol. The van der Waals surface area contributed by atoms with Gasteiger partial charge in [0.2, 0.25) is 15.9 Å². The molecule has 0 aromatic heterocycles. The van der Waals surface area contributed by atoms with E-state index < -0.39 is 10.0 Å². The molecule has 3 rings (SSSR count). The number of hydrogen-bond donors (Lipinski definition) is 2. The largest absolute Gasteiger partial charge is 0.497 e. The highest BCUT2D eigenvalue weighted by Crippen LogP contribution is 2.32. The number of ether oxygens (including phenoxy) is 1. The van der Waals surface area contributed by atoms with Crippen LogP contribution < -0.4 is 15.6 Å². The number of amides is 1. The van der Waals surface area contributed by atoms with E-state index in [9.17, 15) is 13.2 Å². The van der Waals surface area contributed by atoms with Crippen LogP contribution in [0.3, 0.4) is 0 Å². The van der Waals surface area contributed by atoms with E-state index in [-0.39, 0.29) is 23.9 Å². The minimum atomic E-state index is -3.19. The summed E-state index contributed by atoms with van der Waals surface area (Å²) in [7, 11) is -1.56. The van der Waals surface area contributed by atoms with Crippen LogP contribution in [0.2, 0.25) is 0 Å². The van der Waals surface area contributed by atoms with Crippen LogP contribution in [0, 0.1) is 5.92 Å². The molecule has 2 aliphatic rings. The predicted octanol–water partition coefficient (Wildman–Crippen LogP) is 0.343. The molecule has 8 nitrogen and oxygen atoms in total. The zero-order valence-corrected chi connectivity index (χ0v) is 16.8. The van der Waals surface area contributed by atoms with Crippen molar-refractivity contribution in [1.82, 2.24) is 20.1 Å². The van der Waals surface area contributed by atoms with Crippen LogP contribution >= 0.6 is 0 Å². The second kappa shape index (κ2) is 8.14. The summed E-state index contributed by atoms with van der Waals surface area (Å²) < 4.78 is 29.9. The maximum Gasteiger partial charge on any atom is 0.223 e. The molecule has 0 saturated carbocycles. The molecule has 27 heavy (non-hydrogen) atoms. The summed E-state index contributed by atoms with van der Waals surface area (Å²) in [6.07, 6.45) is 1.62. The number of nitrogens with zero attached hydrogens (tertiary/aromatic N) is 2. The Morgan fingerprint density at radius 3 is 2.33 bits per heavy atom. The molecule has 1 amide bonds. The Morgan fingerprint density at radius 2 is 1.78 bits per heavy atom. The maximum absolute atomic E-state index is 12.8. The van der Waals surface area contributed by atoms with Crippen molar-refractivity contribution in [2.75, 3.05) is 39.5 Å². The van der Waals surface area contributed by atoms with Crippen molar-refractivity contribution in [3.05, 3.63) is 29.8 Å². The highest BCUT2D eigenvalue weighted by Gasteiger charge is 2.37. The fourth-order valence-corrected chi connectivity index (χ4v) is 4.59. The number of benzene rings is 1. The monoisotopic (exact) mass is 396 g/mol. The van der Waals surface area contributed by atoms with Crippen LogP contribution in [0.5, 0.6) is 5.75 Å². The van der Waals surface area contributed by atoms with E-state index >= 15 is 0 Å². The van der Waals surface area contributed by atoms with Gasteiger partial charge in [-0.2, -0.15) is 4.31 Å². The highest BCUT2D eigenvalue weighted by molar-refractivity contribution is 7.88. The molecule has 0 spiro atoms. The van der Waals surface area contributed by atoms with Gasteiger partial charge in [0, 0.05) is 44.6 Å². The summed E-state index contributed by atoms with van der Waals surface area (Å²) in [6.45, 7) is 3.69. The normalized spacial score (nSPS) is 26.9. The number of carbonyl (C=O) groups is 1. The van der Waals surface area contributed by atoms with E-state index in [0.29, 0.717) is 32.6 Å². The van der Waals surface area contributed by atoms with Gasteiger partial charge in [0.1, 0.15) is 5.75 Å². The topological polar surface area (TPSA) is 91.0 Å². The molecule has 150 valence electrons. The van der Waals surface area contributed by atoms with Gasteiger partial charge in [-0.05, 0) is 24.6 Å². The number of hydrogen-bond acceptors (Lipinski definition) is 6. The van der Waals surface area contributed by atoms with Crippen molar-refractivity contribution >= 4 is 15.9 Å². The number of sulfonamides is 1. The Hall–Kier alpha value is -1.68. The molecule has 2 saturated heterocycles. The van der Waals surface area contributed by atoms with Crippen LogP contribution in [0.15, 0.2) is 24.3 Å². The average Bonchev–Trinajstić information content (AvgIpc) is 3.01. The van der Waals surface area contributed by atoms with Gasteiger partial charge in [-0.15, -0.1) is 0 Å². The van der Waals surface area contributed by atoms with Gasteiger partial charge in [0.05, 0.1) is 19.4 Å². The maximum atomic E-state index is 12.8. The molecule has 1 aromatic rings. The van der Waals surface area contributed by atoms with Crippen LogP contribution in [-0.4, -0.2) is 69.1 Å². The van der Waals surface area contributed by atoms with E-state index in [4.69, 9.17) is 4.74 Å². The molecule has 0 bridgehead atoms. The molecule has 0 radical (unpaired) electrons. The standard InChI is InChI=1S/C18H28N4O4S/c1-13-16(18(20-19-13)14-4-6-15(26-2)7-5-14)12-17(23)21-8-10-22(11-9-21)27(3,24)25/h4-7,13,16,18-20H,8-12H2,1-3H3. The number of carbonyl (C=O) groups excluding carboxylic acids is 1. The number of nitrogens with one attached hydrogen (secondary N) is 2. The van der Waals surface area contributed by atoms with Crippen molar-refractivity contribution in [1.29, 1.82) is 0 Å². The number of rotatable bonds is 5. The van der Waals surface area contributed by atoms with Gasteiger partial charge >= 0.3 is 0 Å². The van der Waals surface area contributed by atoms with Crippen molar-refractivity contribution in [2.24, 2.45) is 5.92 Å². The van der Waals surface area contributed by atoms with Gasteiger partial charge in [-0.1, -0.05) is 12.1 Å². The third kappa shape index (κ3) is 4.60. The van der Waals surface area contributed by atoms with Crippen LogP contribution in [-0.2, 0) is 14.8 Å². The fraction of sp³-hybridized carbons (Fsp3) is 0.611. The smallest absolute Gasteiger partial charge is 0.223 e. The van der Waals surface area contributed by atoms with E-state index in [1.165, 1.54) is 10.6 Å². The Balaban J connectivity index is 1.63. The highest BCUT2D eigenvalue weighted by atomic mass is 32.2. The van der Waals surface area contributed by atoms with E-state index in [2.05, 4.69) is 17.8 Å². The lowest BCUT2D eigenvalue weighted by Crippen LogP contribution is -2.50. The zero-order chi connectivity index (χ0) is 19.6. The fourth-order valence-electron chi connectivity index (χ4n) is 3.76. The van der Waals surface area contributed by atoms with Crippen molar-refractivity contribution < 1.29 is 17.9 Å². The number of methoxy groups -OCH3 is 1. The van der Waals surface area contributed by atoms with Crippen molar-refractivity contribution in [2.45, 2.75) is 25.4 Å². The zero-order valence-electron chi connectivity index (χ0n) is 16.0. The number of hydrazine groups is 1. The molecule has 1 aromatic carbocycles. The van der Waals surface area contributed by atoms with E-state index in [1.54, 1.807) is 12.0 Å². The van der Waals surface area contributed by atoms with Gasteiger partial charge in [0.15, 0.2) is 0 Å². The summed E-state index contributed by atoms with van der Waals surface area (Å²) >= 11 is 0. The quantitative estimate of drug-likeness (QED) is 0.746. The van der Waals surface area contributed by atoms with E-state index in [0.717, 1.165) is 11.3 Å². The summed E-state index contributed by atoms with van der Waals surface area (Å²) in [4.78, 5) is 14.6. The SMILES string of the molecule is COc1ccc(C2NNC(C)C2CC(=O)N2CCN(S(C)(=O)=O)CC2)cc1. The summed E-state index contributed by atoms with van der Waals surface area (Å²) in [5.74, 6) is 0.983. The van der Waals surface area contributed by atoms with Gasteiger partial charge in [0.25, 0.3) is 0 Å². The third-order valence-corrected chi connectivity index (χ3v) is 6.79. The first-order chi connectivity index (χ1) is 12.8. The second-order valence-electron chi connectivity index (χ2n) is 7.24. The first kappa shape index (κ1) is 20.1. The molecule has 2 heterocycles. The number of piperazine rings is 1. The van der Waals surface area contributed by atoms with E-state index in [1.807, 2.05) is 24.3 Å². The second-order valence-corrected chi connectivity index (χ2v) is 9.22. The molecule has 2 fully saturated rings. The Kier molecular flexibility index (Phi) is 6.05. The Bertz CT molecular complexity index is 760. The molecule has 2 N–H and O–H groups in total. The molecule has 3 unspecified atom stereocenters.